The Morgan fingerprint density at radius 1 is 0.800 bits per heavy atom. The van der Waals surface area contributed by atoms with Gasteiger partial charge in [0, 0.05) is 5.39 Å². The van der Waals surface area contributed by atoms with E-state index >= 15 is 0 Å². The summed E-state index contributed by atoms with van der Waals surface area (Å²) in [6, 6.07) is 7.99. The minimum Gasteiger partial charge on any atom is -0.282 e. The van der Waals surface area contributed by atoms with Crippen molar-refractivity contribution in [1.29, 1.82) is 0 Å². The molecule has 0 aliphatic carbocycles. The first-order valence-corrected chi connectivity index (χ1v) is 13.5. The van der Waals surface area contributed by atoms with E-state index in [1.54, 1.807) is 24.3 Å². The molecule has 0 aliphatic rings. The molecule has 168 valence electrons. The van der Waals surface area contributed by atoms with Crippen LogP contribution >= 0.6 is 0 Å². The van der Waals surface area contributed by atoms with E-state index in [-0.39, 0.29) is 16.9 Å². The molecule has 2 aromatic carbocycles. The molecule has 0 saturated carbocycles. The predicted octanol–water partition coefficient (Wildman–Crippen LogP) is 5.65. The topological polar surface area (TPSA) is 109 Å². The highest BCUT2D eigenvalue weighted by Gasteiger charge is 2.30. The molecule has 0 fully saturated rings. The number of hydrogen-bond donors (Lipinski definition) is 2. The molecule has 0 saturated heterocycles. The average Bonchev–Trinajstić information content (AvgIpc) is 2.66. The highest BCUT2D eigenvalue weighted by Crippen LogP contribution is 2.35. The number of fused-ring (bicyclic) bond motifs is 1. The van der Waals surface area contributed by atoms with E-state index in [0.717, 1.165) is 51.4 Å². The summed E-state index contributed by atoms with van der Waals surface area (Å²) in [5.41, 5.74) is 0.236. The molecule has 0 aromatic heterocycles. The Balaban J connectivity index is 2.60. The van der Waals surface area contributed by atoms with E-state index < -0.39 is 30.0 Å². The van der Waals surface area contributed by atoms with Gasteiger partial charge in [-0.2, -0.15) is 16.8 Å². The van der Waals surface area contributed by atoms with E-state index in [1.807, 2.05) is 0 Å². The minimum absolute atomic E-state index is 0.0735. The lowest BCUT2D eigenvalue weighted by Gasteiger charge is -2.20. The van der Waals surface area contributed by atoms with E-state index in [2.05, 4.69) is 13.8 Å². The molecule has 0 aliphatic heterocycles. The van der Waals surface area contributed by atoms with Crippen molar-refractivity contribution in [2.24, 2.45) is 5.92 Å². The van der Waals surface area contributed by atoms with E-state index in [0.29, 0.717) is 11.8 Å². The van der Waals surface area contributed by atoms with Crippen molar-refractivity contribution in [3.63, 3.8) is 0 Å². The van der Waals surface area contributed by atoms with Crippen LogP contribution in [0.4, 0.5) is 0 Å². The summed E-state index contributed by atoms with van der Waals surface area (Å²) in [6.45, 7) is 4.23. The Labute approximate surface area is 180 Å². The Hall–Kier alpha value is -1.48. The molecule has 1 unspecified atom stereocenters. The monoisotopic (exact) mass is 456 g/mol. The van der Waals surface area contributed by atoms with Crippen molar-refractivity contribution in [3.05, 3.63) is 35.9 Å². The fourth-order valence-electron chi connectivity index (χ4n) is 4.05. The van der Waals surface area contributed by atoms with Crippen molar-refractivity contribution in [2.45, 2.75) is 81.4 Å². The lowest BCUT2D eigenvalue weighted by molar-refractivity contribution is 0.405. The molecule has 0 amide bonds. The molecule has 30 heavy (non-hydrogen) atoms. The third-order valence-corrected chi connectivity index (χ3v) is 7.54. The van der Waals surface area contributed by atoms with Crippen LogP contribution < -0.4 is 0 Å². The zero-order valence-corrected chi connectivity index (χ0v) is 19.3. The Bertz CT molecular complexity index is 1060. The zero-order valence-electron chi connectivity index (χ0n) is 17.7. The smallest absolute Gasteiger partial charge is 0.282 e. The summed E-state index contributed by atoms with van der Waals surface area (Å²) < 4.78 is 68.5. The summed E-state index contributed by atoms with van der Waals surface area (Å²) in [4.78, 5) is -1.43. The second-order valence-electron chi connectivity index (χ2n) is 7.93. The lowest BCUT2D eigenvalue weighted by Crippen LogP contribution is -2.15. The standard InChI is InChI=1S/C22H32O6S2/c1-3-5-7-8-12-17(11-6-4-2)15-19-16-18-13-9-10-14-20(18)22(30(26,27)28)21(19)29(23,24)25/h9-10,13-14,16-17H,3-8,11-12,15H2,1-2H3,(H,23,24,25)(H,26,27,28). The fourth-order valence-corrected chi connectivity index (χ4v) is 6.33. The first-order valence-electron chi connectivity index (χ1n) is 10.6. The van der Waals surface area contributed by atoms with Gasteiger partial charge in [0.05, 0.1) is 0 Å². The SMILES string of the molecule is CCCCCCC(CCCC)Cc1cc2ccccc2c(S(=O)(=O)O)c1S(=O)(=O)O. The van der Waals surface area contributed by atoms with Crippen LogP contribution in [0.3, 0.4) is 0 Å². The highest BCUT2D eigenvalue weighted by atomic mass is 32.2. The van der Waals surface area contributed by atoms with Gasteiger partial charge in [0.1, 0.15) is 9.79 Å². The molecular formula is C22H32O6S2. The number of benzene rings is 2. The van der Waals surface area contributed by atoms with E-state index in [1.165, 1.54) is 6.07 Å². The van der Waals surface area contributed by atoms with Gasteiger partial charge >= 0.3 is 0 Å². The van der Waals surface area contributed by atoms with Crippen molar-refractivity contribution in [3.8, 4) is 0 Å². The third kappa shape index (κ3) is 6.51. The van der Waals surface area contributed by atoms with Crippen LogP contribution in [0.15, 0.2) is 40.1 Å². The summed E-state index contributed by atoms with van der Waals surface area (Å²) in [6.07, 6.45) is 8.48. The highest BCUT2D eigenvalue weighted by molar-refractivity contribution is 7.89. The molecule has 0 bridgehead atoms. The van der Waals surface area contributed by atoms with Crippen LogP contribution in [0.5, 0.6) is 0 Å². The lowest BCUT2D eigenvalue weighted by atomic mass is 9.88. The molecule has 2 rings (SSSR count). The fraction of sp³-hybridized carbons (Fsp3) is 0.545. The van der Waals surface area contributed by atoms with Gasteiger partial charge in [-0.1, -0.05) is 89.5 Å². The van der Waals surface area contributed by atoms with E-state index in [9.17, 15) is 25.9 Å². The first kappa shape index (κ1) is 24.8. The Morgan fingerprint density at radius 2 is 1.40 bits per heavy atom. The number of hydrogen-bond acceptors (Lipinski definition) is 4. The van der Waals surface area contributed by atoms with Crippen LogP contribution in [-0.2, 0) is 26.7 Å². The molecule has 6 nitrogen and oxygen atoms in total. The quantitative estimate of drug-likeness (QED) is 0.315. The van der Waals surface area contributed by atoms with Crippen LogP contribution in [-0.4, -0.2) is 25.9 Å². The molecule has 0 spiro atoms. The van der Waals surface area contributed by atoms with Crippen molar-refractivity contribution >= 4 is 31.0 Å². The largest absolute Gasteiger partial charge is 0.296 e. The van der Waals surface area contributed by atoms with Gasteiger partial charge in [-0.05, 0) is 29.4 Å². The molecule has 8 heteroatoms. The second-order valence-corrected chi connectivity index (χ2v) is 10.6. The molecule has 2 aromatic rings. The van der Waals surface area contributed by atoms with Crippen LogP contribution in [0.1, 0.15) is 70.8 Å². The minimum atomic E-state index is -4.88. The van der Waals surface area contributed by atoms with Gasteiger partial charge in [0.15, 0.2) is 0 Å². The van der Waals surface area contributed by atoms with Gasteiger partial charge in [0.25, 0.3) is 20.2 Å². The van der Waals surface area contributed by atoms with Gasteiger partial charge in [0.2, 0.25) is 0 Å². The first-order chi connectivity index (χ1) is 14.1. The van der Waals surface area contributed by atoms with Crippen LogP contribution in [0.25, 0.3) is 10.8 Å². The van der Waals surface area contributed by atoms with Crippen molar-refractivity contribution < 1.29 is 25.9 Å². The number of rotatable bonds is 12. The van der Waals surface area contributed by atoms with Crippen molar-refractivity contribution in [2.75, 3.05) is 0 Å². The molecule has 2 N–H and O–H groups in total. The van der Waals surface area contributed by atoms with Gasteiger partial charge < -0.3 is 0 Å². The predicted molar refractivity (Wildman–Crippen MR) is 119 cm³/mol. The van der Waals surface area contributed by atoms with Crippen molar-refractivity contribution in [1.82, 2.24) is 0 Å². The molecular weight excluding hydrogens is 424 g/mol. The summed E-state index contributed by atoms with van der Waals surface area (Å²) >= 11 is 0. The summed E-state index contributed by atoms with van der Waals surface area (Å²) in [7, 11) is -9.76. The molecule has 0 heterocycles. The zero-order chi connectivity index (χ0) is 22.4. The Kier molecular flexibility index (Phi) is 8.85. The van der Waals surface area contributed by atoms with Gasteiger partial charge in [-0.25, -0.2) is 0 Å². The Morgan fingerprint density at radius 3 is 2.00 bits per heavy atom. The number of unbranched alkanes of at least 4 members (excludes halogenated alkanes) is 4. The third-order valence-electron chi connectivity index (χ3n) is 5.49. The van der Waals surface area contributed by atoms with Gasteiger partial charge in [-0.3, -0.25) is 9.11 Å². The normalized spacial score (nSPS) is 13.6. The molecule has 1 atom stereocenters. The van der Waals surface area contributed by atoms with Crippen LogP contribution in [0, 0.1) is 5.92 Å². The maximum atomic E-state index is 12.2. The van der Waals surface area contributed by atoms with E-state index in [4.69, 9.17) is 0 Å². The van der Waals surface area contributed by atoms with Gasteiger partial charge in [-0.15, -0.1) is 0 Å². The van der Waals surface area contributed by atoms with Crippen LogP contribution in [0.2, 0.25) is 0 Å². The molecule has 0 radical (unpaired) electrons. The maximum Gasteiger partial charge on any atom is 0.296 e. The second kappa shape index (κ2) is 10.7. The average molecular weight is 457 g/mol. The summed E-state index contributed by atoms with van der Waals surface area (Å²) in [5.74, 6) is 0.165. The maximum absolute atomic E-state index is 12.2. The summed E-state index contributed by atoms with van der Waals surface area (Å²) in [5, 5.41) is 0.581.